The lowest BCUT2D eigenvalue weighted by molar-refractivity contribution is 0.0986. The Morgan fingerprint density at radius 2 is 1.91 bits per heavy atom. The molecule has 0 bridgehead atoms. The van der Waals surface area contributed by atoms with Crippen molar-refractivity contribution in [1.82, 2.24) is 14.2 Å². The molecule has 1 amide bonds. The van der Waals surface area contributed by atoms with Crippen molar-refractivity contribution in [1.29, 1.82) is 0 Å². The van der Waals surface area contributed by atoms with E-state index in [2.05, 4.69) is 16.8 Å². The highest BCUT2D eigenvalue weighted by Crippen LogP contribution is 2.33. The molecule has 35 heavy (non-hydrogen) atoms. The van der Waals surface area contributed by atoms with Gasteiger partial charge < -0.3 is 4.90 Å². The Bertz CT molecular complexity index is 1290. The third kappa shape index (κ3) is 5.86. The molecule has 0 saturated carbocycles. The molecule has 0 radical (unpaired) electrons. The predicted molar refractivity (Wildman–Crippen MR) is 143 cm³/mol. The van der Waals surface area contributed by atoms with Gasteiger partial charge in [-0.05, 0) is 82.2 Å². The zero-order chi connectivity index (χ0) is 25.2. The highest BCUT2D eigenvalue weighted by molar-refractivity contribution is 7.89. The van der Waals surface area contributed by atoms with Crippen molar-refractivity contribution in [2.24, 2.45) is 5.92 Å². The van der Waals surface area contributed by atoms with Gasteiger partial charge in [0, 0.05) is 25.2 Å². The van der Waals surface area contributed by atoms with E-state index < -0.39 is 10.0 Å². The number of carbonyl (C=O) groups is 1. The zero-order valence-corrected chi connectivity index (χ0v) is 22.7. The molecule has 2 aromatic carbocycles. The van der Waals surface area contributed by atoms with Gasteiger partial charge in [0.2, 0.25) is 10.0 Å². The first-order valence-electron chi connectivity index (χ1n) is 11.8. The topological polar surface area (TPSA) is 73.8 Å². The number of rotatable bonds is 8. The third-order valence-corrected chi connectivity index (χ3v) is 9.41. The maximum atomic E-state index is 13.6. The Morgan fingerprint density at radius 3 is 2.57 bits per heavy atom. The van der Waals surface area contributed by atoms with Gasteiger partial charge in [-0.15, -0.1) is 0 Å². The Hall–Kier alpha value is -2.04. The molecule has 4 rings (SSSR count). The van der Waals surface area contributed by atoms with E-state index in [1.165, 1.54) is 23.5 Å². The van der Waals surface area contributed by atoms with Crippen molar-refractivity contribution in [3.8, 4) is 0 Å². The number of piperidine rings is 1. The fourth-order valence-electron chi connectivity index (χ4n) is 4.29. The minimum atomic E-state index is -3.58. The summed E-state index contributed by atoms with van der Waals surface area (Å²) >= 11 is 7.75. The first-order valence-corrected chi connectivity index (χ1v) is 14.4. The van der Waals surface area contributed by atoms with E-state index in [4.69, 9.17) is 11.6 Å². The number of thiazole rings is 1. The van der Waals surface area contributed by atoms with E-state index >= 15 is 0 Å². The minimum Gasteiger partial charge on any atom is -0.309 e. The quantitative estimate of drug-likeness (QED) is 0.408. The van der Waals surface area contributed by atoms with Crippen molar-refractivity contribution in [2.45, 2.75) is 31.1 Å². The lowest BCUT2D eigenvalue weighted by Crippen LogP contribution is -2.39. The molecule has 1 unspecified atom stereocenters. The summed E-state index contributed by atoms with van der Waals surface area (Å²) in [6.07, 6.45) is 2.67. The van der Waals surface area contributed by atoms with Crippen molar-refractivity contribution in [3.05, 3.63) is 53.1 Å². The second-order valence-electron chi connectivity index (χ2n) is 9.33. The zero-order valence-electron chi connectivity index (χ0n) is 20.3. The molecule has 1 aliphatic heterocycles. The lowest BCUT2D eigenvalue weighted by atomic mass is 10.0. The summed E-state index contributed by atoms with van der Waals surface area (Å²) in [5.41, 5.74) is 1.10. The maximum absolute atomic E-state index is 13.6. The van der Waals surface area contributed by atoms with Crippen LogP contribution < -0.4 is 4.90 Å². The molecule has 1 saturated heterocycles. The van der Waals surface area contributed by atoms with Crippen LogP contribution in [0.15, 0.2) is 47.4 Å². The number of halogens is 1. The summed E-state index contributed by atoms with van der Waals surface area (Å²) < 4.78 is 28.7. The normalized spacial score (nSPS) is 17.2. The minimum absolute atomic E-state index is 0.213. The summed E-state index contributed by atoms with van der Waals surface area (Å²) in [7, 11) is 0.406. The molecular weight excluding hydrogens is 504 g/mol. The van der Waals surface area contributed by atoms with Crippen molar-refractivity contribution in [2.75, 3.05) is 45.2 Å². The van der Waals surface area contributed by atoms with Crippen LogP contribution in [0.2, 0.25) is 5.02 Å². The van der Waals surface area contributed by atoms with Crippen LogP contribution in [-0.2, 0) is 10.0 Å². The summed E-state index contributed by atoms with van der Waals surface area (Å²) in [6, 6.07) is 11.9. The summed E-state index contributed by atoms with van der Waals surface area (Å²) in [6.45, 7) is 4.45. The van der Waals surface area contributed by atoms with Gasteiger partial charge in [0.05, 0.1) is 14.6 Å². The third-order valence-electron chi connectivity index (χ3n) is 6.18. The number of amides is 1. The number of benzene rings is 2. The average Bonchev–Trinajstić information content (AvgIpc) is 3.27. The van der Waals surface area contributed by atoms with Crippen molar-refractivity contribution >= 4 is 54.2 Å². The molecule has 1 aliphatic rings. The smallest absolute Gasteiger partial charge is 0.260 e. The van der Waals surface area contributed by atoms with Crippen LogP contribution in [0, 0.1) is 5.92 Å². The van der Waals surface area contributed by atoms with Gasteiger partial charge in [0.1, 0.15) is 5.52 Å². The van der Waals surface area contributed by atoms with Gasteiger partial charge in [0.15, 0.2) is 5.13 Å². The second kappa shape index (κ2) is 10.9. The molecule has 0 aliphatic carbocycles. The highest BCUT2D eigenvalue weighted by atomic mass is 35.5. The van der Waals surface area contributed by atoms with Gasteiger partial charge in [0.25, 0.3) is 5.91 Å². The fraction of sp³-hybridized carbons (Fsp3) is 0.440. The van der Waals surface area contributed by atoms with Crippen LogP contribution in [0.3, 0.4) is 0 Å². The molecule has 3 aromatic rings. The van der Waals surface area contributed by atoms with E-state index in [0.29, 0.717) is 46.8 Å². The van der Waals surface area contributed by atoms with E-state index in [1.807, 2.05) is 26.2 Å². The summed E-state index contributed by atoms with van der Waals surface area (Å²) in [5.74, 6) is 0.131. The number of hydrogen-bond donors (Lipinski definition) is 0. The van der Waals surface area contributed by atoms with Crippen molar-refractivity contribution in [3.63, 3.8) is 0 Å². The van der Waals surface area contributed by atoms with Gasteiger partial charge in [-0.25, -0.2) is 13.4 Å². The number of nitrogens with zero attached hydrogens (tertiary/aromatic N) is 4. The van der Waals surface area contributed by atoms with Gasteiger partial charge in [-0.2, -0.15) is 4.31 Å². The SMILES string of the molecule is CC1CCCN(S(=O)(=O)c2ccc(C(=O)N(CCCN(C)C)c3nc4c(Cl)cccc4s3)cc2)C1. The Labute approximate surface area is 216 Å². The number of carbonyl (C=O) groups excluding carboxylic acids is 1. The molecule has 7 nitrogen and oxygen atoms in total. The first kappa shape index (κ1) is 26.0. The molecular formula is C25H31ClN4O3S2. The van der Waals surface area contributed by atoms with Crippen molar-refractivity contribution < 1.29 is 13.2 Å². The van der Waals surface area contributed by atoms with E-state index in [0.717, 1.165) is 30.5 Å². The van der Waals surface area contributed by atoms with Crippen LogP contribution in [0.4, 0.5) is 5.13 Å². The molecule has 2 heterocycles. The number of hydrogen-bond acceptors (Lipinski definition) is 6. The molecule has 10 heteroatoms. The highest BCUT2D eigenvalue weighted by Gasteiger charge is 2.29. The van der Waals surface area contributed by atoms with Crippen LogP contribution in [0.5, 0.6) is 0 Å². The molecule has 1 aromatic heterocycles. The van der Waals surface area contributed by atoms with Gasteiger partial charge in [-0.1, -0.05) is 35.9 Å². The Balaban J connectivity index is 1.60. The van der Waals surface area contributed by atoms with E-state index in [-0.39, 0.29) is 10.8 Å². The van der Waals surface area contributed by atoms with Crippen LogP contribution in [0.25, 0.3) is 10.2 Å². The summed E-state index contributed by atoms with van der Waals surface area (Å²) in [4.78, 5) is 22.2. The number of aromatic nitrogens is 1. The second-order valence-corrected chi connectivity index (χ2v) is 12.7. The van der Waals surface area contributed by atoms with Gasteiger partial charge >= 0.3 is 0 Å². The molecule has 0 N–H and O–H groups in total. The van der Waals surface area contributed by atoms with Crippen LogP contribution >= 0.6 is 22.9 Å². The Kier molecular flexibility index (Phi) is 8.12. The van der Waals surface area contributed by atoms with Crippen LogP contribution in [0.1, 0.15) is 36.5 Å². The molecule has 1 fully saturated rings. The largest absolute Gasteiger partial charge is 0.309 e. The van der Waals surface area contributed by atoms with E-state index in [1.54, 1.807) is 27.4 Å². The van der Waals surface area contributed by atoms with E-state index in [9.17, 15) is 13.2 Å². The average molecular weight is 535 g/mol. The fourth-order valence-corrected chi connectivity index (χ4v) is 7.17. The number of para-hydroxylation sites is 1. The molecule has 1 atom stereocenters. The Morgan fingerprint density at radius 1 is 1.17 bits per heavy atom. The first-order chi connectivity index (χ1) is 16.7. The number of fused-ring (bicyclic) bond motifs is 1. The summed E-state index contributed by atoms with van der Waals surface area (Å²) in [5, 5.41) is 1.13. The maximum Gasteiger partial charge on any atom is 0.260 e. The monoisotopic (exact) mass is 534 g/mol. The number of anilines is 1. The van der Waals surface area contributed by atoms with Crippen LogP contribution in [-0.4, -0.2) is 68.8 Å². The van der Waals surface area contributed by atoms with Gasteiger partial charge in [-0.3, -0.25) is 9.69 Å². The molecule has 0 spiro atoms. The molecule has 188 valence electrons. The standard InChI is InChI=1S/C25H31ClN4O3S2/c1-18-7-5-15-29(17-18)35(32,33)20-12-10-19(11-13-20)24(31)30(16-6-14-28(2)3)25-27-23-21(26)8-4-9-22(23)34-25/h4,8-13,18H,5-7,14-17H2,1-3H3. The lowest BCUT2D eigenvalue weighted by Gasteiger charge is -2.30. The predicted octanol–water partition coefficient (Wildman–Crippen LogP) is 4.97. The number of sulfonamides is 1.